The lowest BCUT2D eigenvalue weighted by Gasteiger charge is -2.10. The smallest absolute Gasteiger partial charge is 0.0459 e. The standard InChI is InChI=1S/C11H10BrNS/c12-7-1-2-10-9(5-7)8-3-4-14-6-11(8)13-10/h1-2,5,13H,3-4,6H2. The van der Waals surface area contributed by atoms with Gasteiger partial charge in [-0.3, -0.25) is 0 Å². The number of thioether (sulfide) groups is 1. The number of benzene rings is 1. The molecule has 1 nitrogen and oxygen atoms in total. The van der Waals surface area contributed by atoms with Crippen LogP contribution in [0.25, 0.3) is 10.9 Å². The molecule has 0 saturated carbocycles. The minimum atomic E-state index is 1.14. The lowest BCUT2D eigenvalue weighted by atomic mass is 10.1. The highest BCUT2D eigenvalue weighted by Gasteiger charge is 2.15. The molecular formula is C11H10BrNS. The van der Waals surface area contributed by atoms with Crippen molar-refractivity contribution in [3.05, 3.63) is 33.9 Å². The first-order valence-corrected chi connectivity index (χ1v) is 6.66. The fourth-order valence-electron chi connectivity index (χ4n) is 2.03. The van der Waals surface area contributed by atoms with Crippen LogP contribution in [-0.4, -0.2) is 10.7 Å². The summed E-state index contributed by atoms with van der Waals surface area (Å²) in [6.07, 6.45) is 1.20. The molecule has 0 spiro atoms. The van der Waals surface area contributed by atoms with Gasteiger partial charge >= 0.3 is 0 Å². The molecular weight excluding hydrogens is 258 g/mol. The predicted molar refractivity (Wildman–Crippen MR) is 65.9 cm³/mol. The fourth-order valence-corrected chi connectivity index (χ4v) is 3.34. The molecule has 1 aliphatic rings. The van der Waals surface area contributed by atoms with Gasteiger partial charge < -0.3 is 4.98 Å². The first-order chi connectivity index (χ1) is 6.84. The highest BCUT2D eigenvalue weighted by molar-refractivity contribution is 9.10. The summed E-state index contributed by atoms with van der Waals surface area (Å²) >= 11 is 5.54. The summed E-state index contributed by atoms with van der Waals surface area (Å²) < 4.78 is 1.17. The van der Waals surface area contributed by atoms with Crippen molar-refractivity contribution in [1.82, 2.24) is 4.98 Å². The third kappa shape index (κ3) is 1.30. The van der Waals surface area contributed by atoms with Crippen LogP contribution < -0.4 is 0 Å². The summed E-state index contributed by atoms with van der Waals surface area (Å²) in [4.78, 5) is 3.50. The van der Waals surface area contributed by atoms with Crippen LogP contribution in [0.3, 0.4) is 0 Å². The van der Waals surface area contributed by atoms with Crippen LogP contribution in [0.4, 0.5) is 0 Å². The highest BCUT2D eigenvalue weighted by atomic mass is 79.9. The number of halogens is 1. The molecule has 0 unspecified atom stereocenters. The third-order valence-corrected chi connectivity index (χ3v) is 4.18. The van der Waals surface area contributed by atoms with Crippen molar-refractivity contribution in [1.29, 1.82) is 0 Å². The minimum absolute atomic E-state index is 1.14. The van der Waals surface area contributed by atoms with Crippen molar-refractivity contribution < 1.29 is 0 Å². The van der Waals surface area contributed by atoms with Crippen LogP contribution in [0, 0.1) is 0 Å². The van der Waals surface area contributed by atoms with Crippen LogP contribution in [-0.2, 0) is 12.2 Å². The molecule has 1 aromatic heterocycles. The first-order valence-electron chi connectivity index (χ1n) is 4.71. The van der Waals surface area contributed by atoms with E-state index in [1.807, 2.05) is 11.8 Å². The molecule has 72 valence electrons. The number of rotatable bonds is 0. The van der Waals surface area contributed by atoms with Crippen molar-refractivity contribution in [2.45, 2.75) is 12.2 Å². The Balaban J connectivity index is 2.32. The summed E-state index contributed by atoms with van der Waals surface area (Å²) in [5, 5.41) is 1.40. The molecule has 0 atom stereocenters. The van der Waals surface area contributed by atoms with E-state index in [1.54, 1.807) is 0 Å². The SMILES string of the molecule is Brc1ccc2[nH]c3c(c2c1)CCSC3. The largest absolute Gasteiger partial charge is 0.357 e. The van der Waals surface area contributed by atoms with E-state index < -0.39 is 0 Å². The van der Waals surface area contributed by atoms with Gasteiger partial charge in [0.05, 0.1) is 0 Å². The van der Waals surface area contributed by atoms with Gasteiger partial charge in [-0.2, -0.15) is 11.8 Å². The van der Waals surface area contributed by atoms with Gasteiger partial charge in [0.1, 0.15) is 0 Å². The number of nitrogens with one attached hydrogen (secondary N) is 1. The number of aromatic nitrogens is 1. The summed E-state index contributed by atoms with van der Waals surface area (Å²) in [6, 6.07) is 6.47. The molecule has 0 fully saturated rings. The molecule has 1 aromatic carbocycles. The fraction of sp³-hybridized carbons (Fsp3) is 0.273. The van der Waals surface area contributed by atoms with Gasteiger partial charge in [-0.15, -0.1) is 0 Å². The summed E-state index contributed by atoms with van der Waals surface area (Å²) in [5.74, 6) is 2.40. The van der Waals surface area contributed by atoms with E-state index in [2.05, 4.69) is 39.1 Å². The second-order valence-electron chi connectivity index (χ2n) is 3.57. The molecule has 2 heterocycles. The van der Waals surface area contributed by atoms with Crippen molar-refractivity contribution in [3.8, 4) is 0 Å². The van der Waals surface area contributed by atoms with E-state index in [1.165, 1.54) is 38.8 Å². The Morgan fingerprint density at radius 2 is 2.29 bits per heavy atom. The number of hydrogen-bond acceptors (Lipinski definition) is 1. The van der Waals surface area contributed by atoms with Crippen LogP contribution >= 0.6 is 27.7 Å². The van der Waals surface area contributed by atoms with Crippen molar-refractivity contribution in [3.63, 3.8) is 0 Å². The molecule has 2 aromatic rings. The molecule has 3 heteroatoms. The molecule has 0 saturated heterocycles. The second kappa shape index (κ2) is 3.31. The number of fused-ring (bicyclic) bond motifs is 3. The van der Waals surface area contributed by atoms with Gasteiger partial charge in [0.2, 0.25) is 0 Å². The Hall–Kier alpha value is -0.410. The maximum Gasteiger partial charge on any atom is 0.0459 e. The van der Waals surface area contributed by atoms with E-state index in [0.29, 0.717) is 0 Å². The predicted octanol–water partition coefficient (Wildman–Crippen LogP) is 3.72. The van der Waals surface area contributed by atoms with Crippen molar-refractivity contribution in [2.24, 2.45) is 0 Å². The van der Waals surface area contributed by atoms with Gasteiger partial charge in [0.25, 0.3) is 0 Å². The number of aryl methyl sites for hydroxylation is 1. The van der Waals surface area contributed by atoms with Gasteiger partial charge in [0, 0.05) is 26.8 Å². The molecule has 0 radical (unpaired) electrons. The number of aromatic amines is 1. The second-order valence-corrected chi connectivity index (χ2v) is 5.60. The van der Waals surface area contributed by atoms with E-state index in [4.69, 9.17) is 0 Å². The molecule has 0 amide bonds. The zero-order valence-corrected chi connectivity index (χ0v) is 10.0. The molecule has 0 aliphatic carbocycles. The Bertz CT molecular complexity index is 489. The topological polar surface area (TPSA) is 15.8 Å². The maximum atomic E-state index is 3.53. The molecule has 1 N–H and O–H groups in total. The molecule has 0 bridgehead atoms. The van der Waals surface area contributed by atoms with Gasteiger partial charge in [-0.1, -0.05) is 15.9 Å². The monoisotopic (exact) mass is 267 g/mol. The normalized spacial score (nSPS) is 15.8. The number of hydrogen-bond donors (Lipinski definition) is 1. The lowest BCUT2D eigenvalue weighted by molar-refractivity contribution is 1.07. The van der Waals surface area contributed by atoms with E-state index in [9.17, 15) is 0 Å². The molecule has 1 aliphatic heterocycles. The van der Waals surface area contributed by atoms with Gasteiger partial charge in [0.15, 0.2) is 0 Å². The van der Waals surface area contributed by atoms with Crippen LogP contribution in [0.1, 0.15) is 11.3 Å². The average Bonchev–Trinajstić information content (AvgIpc) is 2.56. The molecule has 14 heavy (non-hydrogen) atoms. The van der Waals surface area contributed by atoms with Crippen molar-refractivity contribution in [2.75, 3.05) is 5.75 Å². The Kier molecular flexibility index (Phi) is 2.10. The highest BCUT2D eigenvalue weighted by Crippen LogP contribution is 2.32. The Morgan fingerprint density at radius 1 is 1.36 bits per heavy atom. The maximum absolute atomic E-state index is 3.53. The first kappa shape index (κ1) is 8.86. The summed E-state index contributed by atoms with van der Waals surface area (Å²) in [6.45, 7) is 0. The summed E-state index contributed by atoms with van der Waals surface area (Å²) in [5.41, 5.74) is 4.23. The van der Waals surface area contributed by atoms with Gasteiger partial charge in [-0.05, 0) is 35.9 Å². The summed E-state index contributed by atoms with van der Waals surface area (Å²) in [7, 11) is 0. The van der Waals surface area contributed by atoms with E-state index >= 15 is 0 Å². The zero-order valence-electron chi connectivity index (χ0n) is 7.64. The number of H-pyrrole nitrogens is 1. The quantitative estimate of drug-likeness (QED) is 0.770. The van der Waals surface area contributed by atoms with Crippen LogP contribution in [0.5, 0.6) is 0 Å². The van der Waals surface area contributed by atoms with Crippen LogP contribution in [0.15, 0.2) is 22.7 Å². The van der Waals surface area contributed by atoms with Gasteiger partial charge in [-0.25, -0.2) is 0 Å². The molecule has 3 rings (SSSR count). The van der Waals surface area contributed by atoms with Crippen molar-refractivity contribution >= 4 is 38.6 Å². The van der Waals surface area contributed by atoms with E-state index in [0.717, 1.165) is 5.75 Å². The third-order valence-electron chi connectivity index (χ3n) is 2.70. The van der Waals surface area contributed by atoms with Crippen LogP contribution in [0.2, 0.25) is 0 Å². The Morgan fingerprint density at radius 3 is 3.21 bits per heavy atom. The minimum Gasteiger partial charge on any atom is -0.357 e. The average molecular weight is 268 g/mol. The Labute approximate surface area is 95.4 Å². The lowest BCUT2D eigenvalue weighted by Crippen LogP contribution is -1.99. The van der Waals surface area contributed by atoms with E-state index in [-0.39, 0.29) is 0 Å². The zero-order chi connectivity index (χ0) is 9.54.